The highest BCUT2D eigenvalue weighted by Crippen LogP contribution is 2.39. The summed E-state index contributed by atoms with van der Waals surface area (Å²) in [6.07, 6.45) is 1.29. The van der Waals surface area contributed by atoms with E-state index in [0.29, 0.717) is 11.9 Å². The molecule has 0 aliphatic rings. The Morgan fingerprint density at radius 3 is 2.62 bits per heavy atom. The molecule has 11 heteroatoms. The van der Waals surface area contributed by atoms with Gasteiger partial charge < -0.3 is 14.2 Å². The number of H-pyrrole nitrogens is 1. The molecule has 0 saturated carbocycles. The van der Waals surface area contributed by atoms with Crippen LogP contribution in [0.25, 0.3) is 22.1 Å². The van der Waals surface area contributed by atoms with E-state index < -0.39 is 17.2 Å². The smallest absolute Gasteiger partial charge is 0.329 e. The number of carbonyl (C=O) groups excluding carboxylic acids is 1. The third-order valence-corrected chi connectivity index (χ3v) is 5.54. The second-order valence-electron chi connectivity index (χ2n) is 7.72. The van der Waals surface area contributed by atoms with Crippen LogP contribution in [-0.2, 0) is 24.9 Å². The van der Waals surface area contributed by atoms with Crippen LogP contribution in [0, 0.1) is 0 Å². The van der Waals surface area contributed by atoms with Gasteiger partial charge in [-0.2, -0.15) is 0 Å². The second kappa shape index (κ2) is 8.28. The summed E-state index contributed by atoms with van der Waals surface area (Å²) in [5.41, 5.74) is 0.893. The molecule has 11 nitrogen and oxygen atoms in total. The number of rotatable bonds is 5. The average Bonchev–Trinajstić information content (AvgIpc) is 3.37. The Balaban J connectivity index is 1.47. The second-order valence-corrected chi connectivity index (χ2v) is 7.72. The first-order valence-electron chi connectivity index (χ1n) is 10.4. The fraction of sp³-hybridized carbons (Fsp3) is 0.130. The molecular weight excluding hydrogens is 438 g/mol. The van der Waals surface area contributed by atoms with Gasteiger partial charge in [0.2, 0.25) is 5.88 Å². The highest BCUT2D eigenvalue weighted by Gasteiger charge is 2.18. The molecule has 0 bridgehead atoms. The van der Waals surface area contributed by atoms with Gasteiger partial charge in [-0.15, -0.1) is 10.2 Å². The lowest BCUT2D eigenvalue weighted by Gasteiger charge is -2.06. The number of imidazole rings is 1. The van der Waals surface area contributed by atoms with Crippen LogP contribution in [-0.4, -0.2) is 34.7 Å². The van der Waals surface area contributed by atoms with Crippen LogP contribution in [0.4, 0.5) is 5.69 Å². The van der Waals surface area contributed by atoms with Gasteiger partial charge in [0, 0.05) is 12.4 Å². The van der Waals surface area contributed by atoms with Crippen LogP contribution in [0.1, 0.15) is 5.56 Å². The zero-order chi connectivity index (χ0) is 23.8. The van der Waals surface area contributed by atoms with Crippen molar-refractivity contribution in [3.8, 4) is 5.88 Å². The molecule has 3 heterocycles. The first-order chi connectivity index (χ1) is 16.4. The number of azo groups is 1. The summed E-state index contributed by atoms with van der Waals surface area (Å²) in [7, 11) is 1.47. The van der Waals surface area contributed by atoms with E-state index in [0.717, 1.165) is 11.1 Å². The zero-order valence-electron chi connectivity index (χ0n) is 18.0. The monoisotopic (exact) mass is 457 g/mol. The molecule has 5 aromatic rings. The number of aromatic hydroxyl groups is 1. The van der Waals surface area contributed by atoms with Gasteiger partial charge in [0.1, 0.15) is 6.54 Å². The Bertz CT molecular complexity index is 1690. The minimum Gasteiger partial charge on any atom is -0.493 e. The molecule has 0 radical (unpaired) electrons. The molecule has 34 heavy (non-hydrogen) atoms. The van der Waals surface area contributed by atoms with Crippen molar-refractivity contribution in [2.75, 3.05) is 0 Å². The average molecular weight is 457 g/mol. The summed E-state index contributed by atoms with van der Waals surface area (Å²) in [4.78, 5) is 42.7. The van der Waals surface area contributed by atoms with Crippen molar-refractivity contribution in [1.82, 2.24) is 23.7 Å². The Morgan fingerprint density at radius 2 is 1.82 bits per heavy atom. The van der Waals surface area contributed by atoms with E-state index in [1.807, 2.05) is 48.5 Å². The fourth-order valence-electron chi connectivity index (χ4n) is 3.88. The number of aryl methyl sites for hydroxylation is 1. The fourth-order valence-corrected chi connectivity index (χ4v) is 3.88. The molecule has 0 fully saturated rings. The van der Waals surface area contributed by atoms with Crippen molar-refractivity contribution < 1.29 is 9.90 Å². The number of aromatic nitrogens is 5. The topological polar surface area (TPSA) is 140 Å². The Kier molecular flexibility index (Phi) is 5.13. The number of nitrogens with zero attached hydrogens (tertiary/aromatic N) is 6. The van der Waals surface area contributed by atoms with Gasteiger partial charge in [-0.3, -0.25) is 19.1 Å². The molecule has 2 aromatic carbocycles. The standard InChI is InChI=1S/C23H19N7O4/c1-28-20-19(21(32)25-23(28)34)29(13-24-20)12-17(31)26-27-18-15-9-5-6-10-16(15)30(22(18)33)11-14-7-3-2-4-8-14/h2-10,13,33H,11-12H2,1H3,(H,25,32,34). The summed E-state index contributed by atoms with van der Waals surface area (Å²) in [5, 5.41) is 19.3. The largest absolute Gasteiger partial charge is 0.493 e. The number of aromatic amines is 1. The van der Waals surface area contributed by atoms with Gasteiger partial charge in [0.05, 0.1) is 18.4 Å². The lowest BCUT2D eigenvalue weighted by molar-refractivity contribution is -0.118. The van der Waals surface area contributed by atoms with Gasteiger partial charge >= 0.3 is 5.69 Å². The molecule has 0 atom stereocenters. The quantitative estimate of drug-likeness (QED) is 0.390. The third-order valence-electron chi connectivity index (χ3n) is 5.54. The first-order valence-corrected chi connectivity index (χ1v) is 10.4. The molecule has 0 saturated heterocycles. The predicted octanol–water partition coefficient (Wildman–Crippen LogP) is 2.44. The maximum atomic E-state index is 12.6. The van der Waals surface area contributed by atoms with Gasteiger partial charge in [-0.25, -0.2) is 9.78 Å². The summed E-state index contributed by atoms with van der Waals surface area (Å²) in [5.74, 6) is -0.770. The van der Waals surface area contributed by atoms with Crippen LogP contribution in [0.15, 0.2) is 80.7 Å². The Labute approximate surface area is 191 Å². The number of benzene rings is 2. The molecule has 0 unspecified atom stereocenters. The van der Waals surface area contributed by atoms with Crippen LogP contribution in [0.5, 0.6) is 5.88 Å². The van der Waals surface area contributed by atoms with E-state index in [1.165, 1.54) is 22.5 Å². The summed E-state index contributed by atoms with van der Waals surface area (Å²) >= 11 is 0. The van der Waals surface area contributed by atoms with Crippen LogP contribution in [0.2, 0.25) is 0 Å². The number of amides is 1. The zero-order valence-corrected chi connectivity index (χ0v) is 18.0. The Morgan fingerprint density at radius 1 is 1.09 bits per heavy atom. The van der Waals surface area contributed by atoms with Crippen molar-refractivity contribution in [3.63, 3.8) is 0 Å². The molecule has 1 amide bonds. The molecule has 0 aliphatic heterocycles. The van der Waals surface area contributed by atoms with Crippen molar-refractivity contribution >= 4 is 33.7 Å². The van der Waals surface area contributed by atoms with Gasteiger partial charge in [-0.05, 0) is 11.6 Å². The molecule has 0 aliphatic carbocycles. The van der Waals surface area contributed by atoms with E-state index in [9.17, 15) is 19.5 Å². The van der Waals surface area contributed by atoms with Crippen LogP contribution < -0.4 is 11.2 Å². The van der Waals surface area contributed by atoms with Crippen molar-refractivity contribution in [3.05, 3.63) is 87.3 Å². The van der Waals surface area contributed by atoms with E-state index in [-0.39, 0.29) is 29.3 Å². The van der Waals surface area contributed by atoms with Crippen molar-refractivity contribution in [2.45, 2.75) is 13.1 Å². The first kappa shape index (κ1) is 21.1. The van der Waals surface area contributed by atoms with Crippen molar-refractivity contribution in [2.24, 2.45) is 17.3 Å². The van der Waals surface area contributed by atoms with Crippen LogP contribution in [0.3, 0.4) is 0 Å². The van der Waals surface area contributed by atoms with Gasteiger partial charge in [0.15, 0.2) is 16.9 Å². The summed E-state index contributed by atoms with van der Waals surface area (Å²) < 4.78 is 4.18. The summed E-state index contributed by atoms with van der Waals surface area (Å²) in [6.45, 7) is 0.101. The van der Waals surface area contributed by atoms with E-state index in [4.69, 9.17) is 0 Å². The maximum absolute atomic E-state index is 12.6. The van der Waals surface area contributed by atoms with Gasteiger partial charge in [-0.1, -0.05) is 48.5 Å². The molecular formula is C23H19N7O4. The maximum Gasteiger partial charge on any atom is 0.329 e. The molecule has 5 rings (SSSR count). The minimum atomic E-state index is -0.660. The SMILES string of the molecule is Cn1c(=O)[nH]c(=O)c2c1ncn2CC(=O)N=Nc1c(O)n(Cc2ccccc2)c2ccccc12. The third kappa shape index (κ3) is 3.58. The number of hydrogen-bond donors (Lipinski definition) is 2. The van der Waals surface area contributed by atoms with E-state index >= 15 is 0 Å². The van der Waals surface area contributed by atoms with Gasteiger partial charge in [0.25, 0.3) is 11.5 Å². The van der Waals surface area contributed by atoms with E-state index in [2.05, 4.69) is 20.2 Å². The summed E-state index contributed by atoms with van der Waals surface area (Å²) in [6, 6.07) is 17.0. The predicted molar refractivity (Wildman–Crippen MR) is 124 cm³/mol. The lowest BCUT2D eigenvalue weighted by atomic mass is 10.2. The molecule has 0 spiro atoms. The number of nitrogens with one attached hydrogen (secondary N) is 1. The highest BCUT2D eigenvalue weighted by molar-refractivity contribution is 5.95. The van der Waals surface area contributed by atoms with Crippen molar-refractivity contribution in [1.29, 1.82) is 0 Å². The Hall–Kier alpha value is -4.80. The number of hydrogen-bond acceptors (Lipinski definition) is 6. The van der Waals surface area contributed by atoms with Crippen LogP contribution >= 0.6 is 0 Å². The van der Waals surface area contributed by atoms with E-state index in [1.54, 1.807) is 10.6 Å². The number of carbonyl (C=O) groups is 1. The highest BCUT2D eigenvalue weighted by atomic mass is 16.3. The lowest BCUT2D eigenvalue weighted by Crippen LogP contribution is -2.29. The number of fused-ring (bicyclic) bond motifs is 2. The minimum absolute atomic E-state index is 0.0768. The molecule has 170 valence electrons. The number of para-hydroxylation sites is 1. The normalized spacial score (nSPS) is 11.7. The molecule has 2 N–H and O–H groups in total. The molecule has 3 aromatic heterocycles.